The number of benzene rings is 3. The second-order valence-electron chi connectivity index (χ2n) is 8.30. The summed E-state index contributed by atoms with van der Waals surface area (Å²) in [6, 6.07) is 19.2. The number of hydrogen-bond donors (Lipinski definition) is 0. The Kier molecular flexibility index (Phi) is 4.74. The van der Waals surface area contributed by atoms with Gasteiger partial charge in [-0.05, 0) is 55.0 Å². The lowest BCUT2D eigenvalue weighted by atomic mass is 9.92. The van der Waals surface area contributed by atoms with E-state index in [1.807, 2.05) is 49.4 Å². The van der Waals surface area contributed by atoms with Crippen molar-refractivity contribution in [3.8, 4) is 39.4 Å². The van der Waals surface area contributed by atoms with Gasteiger partial charge in [-0.1, -0.05) is 41.4 Å². The van der Waals surface area contributed by atoms with Crippen LogP contribution in [-0.2, 0) is 6.61 Å². The van der Waals surface area contributed by atoms with Gasteiger partial charge in [-0.2, -0.15) is 0 Å². The summed E-state index contributed by atoms with van der Waals surface area (Å²) in [6.45, 7) is 2.24. The van der Waals surface area contributed by atoms with Gasteiger partial charge in [0.05, 0.1) is 22.3 Å². The minimum atomic E-state index is -0.499. The highest BCUT2D eigenvalue weighted by atomic mass is 35.5. The Bertz CT molecular complexity index is 1660. The van der Waals surface area contributed by atoms with Crippen LogP contribution in [0.25, 0.3) is 44.6 Å². The molecule has 0 amide bonds. The number of ether oxygens (including phenoxy) is 1. The summed E-state index contributed by atoms with van der Waals surface area (Å²) in [4.78, 5) is 18.4. The van der Waals surface area contributed by atoms with E-state index in [1.54, 1.807) is 6.07 Å². The van der Waals surface area contributed by atoms with Crippen molar-refractivity contribution in [2.75, 3.05) is 0 Å². The van der Waals surface area contributed by atoms with Crippen molar-refractivity contribution in [1.29, 1.82) is 0 Å². The summed E-state index contributed by atoms with van der Waals surface area (Å²) in [5, 5.41) is 0.736. The minimum absolute atomic E-state index is 0.181. The molecule has 4 nitrogen and oxygen atoms in total. The zero-order valence-corrected chi connectivity index (χ0v) is 18.8. The van der Waals surface area contributed by atoms with Gasteiger partial charge in [0.2, 0.25) is 5.43 Å². The molecule has 0 unspecified atom stereocenters. The van der Waals surface area contributed by atoms with Crippen LogP contribution in [0, 0.1) is 12.7 Å². The van der Waals surface area contributed by atoms with Crippen molar-refractivity contribution in [1.82, 2.24) is 4.98 Å². The third-order valence-corrected chi connectivity index (χ3v) is 6.30. The lowest BCUT2D eigenvalue weighted by Gasteiger charge is -2.23. The highest BCUT2D eigenvalue weighted by Gasteiger charge is 2.25. The molecule has 1 aliphatic heterocycles. The van der Waals surface area contributed by atoms with Crippen LogP contribution < -0.4 is 10.2 Å². The van der Waals surface area contributed by atoms with E-state index in [1.165, 1.54) is 24.5 Å². The SMILES string of the molecule is Cc1ccc(-c2cc(-c3coc4ccc(F)cc4c3=O)c3c(n2)-c2cc(Cl)ccc2OC3)cc1. The molecule has 2 aromatic heterocycles. The van der Waals surface area contributed by atoms with Crippen molar-refractivity contribution in [3.63, 3.8) is 0 Å². The highest BCUT2D eigenvalue weighted by molar-refractivity contribution is 6.31. The lowest BCUT2D eigenvalue weighted by molar-refractivity contribution is 0.302. The molecule has 0 fully saturated rings. The molecule has 3 aromatic carbocycles. The largest absolute Gasteiger partial charge is 0.488 e. The number of hydrogen-bond acceptors (Lipinski definition) is 4. The maximum absolute atomic E-state index is 13.9. The number of fused-ring (bicyclic) bond motifs is 4. The molecule has 1 aliphatic rings. The Hall–Kier alpha value is -3.96. The van der Waals surface area contributed by atoms with Gasteiger partial charge >= 0.3 is 0 Å². The van der Waals surface area contributed by atoms with Crippen molar-refractivity contribution in [2.45, 2.75) is 13.5 Å². The van der Waals surface area contributed by atoms with Crippen molar-refractivity contribution < 1.29 is 13.5 Å². The van der Waals surface area contributed by atoms with Gasteiger partial charge in [-0.3, -0.25) is 4.79 Å². The van der Waals surface area contributed by atoms with E-state index in [0.29, 0.717) is 38.9 Å². The molecule has 0 bridgehead atoms. The number of pyridine rings is 1. The van der Waals surface area contributed by atoms with E-state index >= 15 is 0 Å². The van der Waals surface area contributed by atoms with Gasteiger partial charge < -0.3 is 9.15 Å². The molecule has 34 heavy (non-hydrogen) atoms. The van der Waals surface area contributed by atoms with Crippen LogP contribution in [-0.4, -0.2) is 4.98 Å². The first kappa shape index (κ1) is 20.6. The fourth-order valence-corrected chi connectivity index (χ4v) is 4.48. The monoisotopic (exact) mass is 469 g/mol. The molecule has 166 valence electrons. The van der Waals surface area contributed by atoms with Crippen LogP contribution in [0.2, 0.25) is 5.02 Å². The quantitative estimate of drug-likeness (QED) is 0.275. The van der Waals surface area contributed by atoms with Crippen LogP contribution in [0.4, 0.5) is 4.39 Å². The normalized spacial score (nSPS) is 12.2. The lowest BCUT2D eigenvalue weighted by Crippen LogP contribution is -2.13. The molecule has 3 heterocycles. The van der Waals surface area contributed by atoms with Crippen LogP contribution in [0.15, 0.2) is 82.2 Å². The van der Waals surface area contributed by atoms with Crippen LogP contribution in [0.5, 0.6) is 5.75 Å². The Labute approximate surface area is 199 Å². The zero-order valence-electron chi connectivity index (χ0n) is 18.1. The average Bonchev–Trinajstić information content (AvgIpc) is 2.84. The molecular weight excluding hydrogens is 453 g/mol. The van der Waals surface area contributed by atoms with E-state index in [9.17, 15) is 9.18 Å². The zero-order chi connectivity index (χ0) is 23.4. The number of aryl methyl sites for hydroxylation is 1. The third-order valence-electron chi connectivity index (χ3n) is 6.07. The summed E-state index contributed by atoms with van der Waals surface area (Å²) in [5.74, 6) is 0.171. The van der Waals surface area contributed by atoms with E-state index in [-0.39, 0.29) is 17.4 Å². The molecular formula is C28H17ClFNO3. The van der Waals surface area contributed by atoms with E-state index in [2.05, 4.69) is 0 Å². The van der Waals surface area contributed by atoms with Gasteiger partial charge in [-0.25, -0.2) is 9.37 Å². The fraction of sp³-hybridized carbons (Fsp3) is 0.0714. The van der Waals surface area contributed by atoms with Crippen LogP contribution in [0.3, 0.4) is 0 Å². The molecule has 0 saturated heterocycles. The summed E-state index contributed by atoms with van der Waals surface area (Å²) in [7, 11) is 0. The number of halogens is 2. The van der Waals surface area contributed by atoms with E-state index in [0.717, 1.165) is 22.3 Å². The predicted molar refractivity (Wildman–Crippen MR) is 131 cm³/mol. The Morgan fingerprint density at radius 3 is 2.59 bits per heavy atom. The first-order chi connectivity index (χ1) is 16.5. The standard InChI is InChI=1S/C28H17ClFNO3/c1-15-2-4-16(5-3-15)24-12-19(23-14-34-26-9-7-18(30)11-21(26)28(23)32)22-13-33-25-8-6-17(29)10-20(25)27(22)31-24/h2-12,14H,13H2,1H3. The third kappa shape index (κ3) is 3.37. The number of nitrogens with zero attached hydrogens (tertiary/aromatic N) is 1. The molecule has 0 atom stereocenters. The molecule has 0 aliphatic carbocycles. The van der Waals surface area contributed by atoms with Crippen molar-refractivity contribution in [3.05, 3.63) is 105 Å². The van der Waals surface area contributed by atoms with Gasteiger partial charge in [0.1, 0.15) is 30.0 Å². The summed E-state index contributed by atoms with van der Waals surface area (Å²) >= 11 is 6.30. The molecule has 0 N–H and O–H groups in total. The maximum atomic E-state index is 13.9. The number of aromatic nitrogens is 1. The molecule has 0 saturated carbocycles. The second-order valence-corrected chi connectivity index (χ2v) is 8.73. The Morgan fingerprint density at radius 1 is 0.941 bits per heavy atom. The smallest absolute Gasteiger partial charge is 0.200 e. The van der Waals surface area contributed by atoms with Crippen molar-refractivity contribution >= 4 is 22.6 Å². The molecule has 0 spiro atoms. The average molecular weight is 470 g/mol. The Morgan fingerprint density at radius 2 is 1.76 bits per heavy atom. The first-order valence-electron chi connectivity index (χ1n) is 10.7. The van der Waals surface area contributed by atoms with Gasteiger partial charge in [0.15, 0.2) is 0 Å². The molecule has 6 rings (SSSR count). The Balaban J connectivity index is 1.67. The molecule has 5 aromatic rings. The van der Waals surface area contributed by atoms with E-state index < -0.39 is 5.82 Å². The molecule has 0 radical (unpaired) electrons. The van der Waals surface area contributed by atoms with Gasteiger partial charge in [-0.15, -0.1) is 0 Å². The first-order valence-corrected chi connectivity index (χ1v) is 11.1. The van der Waals surface area contributed by atoms with E-state index in [4.69, 9.17) is 25.7 Å². The minimum Gasteiger partial charge on any atom is -0.488 e. The highest BCUT2D eigenvalue weighted by Crippen LogP contribution is 2.42. The van der Waals surface area contributed by atoms with Gasteiger partial charge in [0.25, 0.3) is 0 Å². The maximum Gasteiger partial charge on any atom is 0.200 e. The molecule has 6 heteroatoms. The van der Waals surface area contributed by atoms with Gasteiger partial charge in [0, 0.05) is 21.7 Å². The topological polar surface area (TPSA) is 52.3 Å². The van der Waals surface area contributed by atoms with Crippen LogP contribution >= 0.6 is 11.6 Å². The fourth-order valence-electron chi connectivity index (χ4n) is 4.31. The van der Waals surface area contributed by atoms with Crippen molar-refractivity contribution in [2.24, 2.45) is 0 Å². The van der Waals surface area contributed by atoms with Crippen LogP contribution in [0.1, 0.15) is 11.1 Å². The summed E-state index contributed by atoms with van der Waals surface area (Å²) in [6.07, 6.45) is 1.42. The second kappa shape index (κ2) is 7.82. The summed E-state index contributed by atoms with van der Waals surface area (Å²) in [5.41, 5.74) is 5.87. The summed E-state index contributed by atoms with van der Waals surface area (Å²) < 4.78 is 25.6. The number of rotatable bonds is 2. The predicted octanol–water partition coefficient (Wildman–Crippen LogP) is 7.18.